The number of halogens is 2. The smallest absolute Gasteiger partial charge is 0.320 e. The number of hydrogen-bond donors (Lipinski definition) is 1. The molecule has 2 aromatic heterocycles. The second-order valence-electron chi connectivity index (χ2n) is 3.62. The Labute approximate surface area is 122 Å². The minimum Gasteiger partial charge on any atom is -0.408 e. The van der Waals surface area contributed by atoms with Gasteiger partial charge in [0, 0.05) is 12.3 Å². The first-order valence-corrected chi connectivity index (χ1v) is 6.98. The third-order valence-corrected chi connectivity index (χ3v) is 3.43. The van der Waals surface area contributed by atoms with Crippen molar-refractivity contribution in [3.63, 3.8) is 0 Å². The van der Waals surface area contributed by atoms with Crippen LogP contribution in [0.4, 0.5) is 11.7 Å². The lowest BCUT2D eigenvalue weighted by atomic mass is 10.2. The number of hydrogen-bond acceptors (Lipinski definition) is 7. The number of alkyl halides is 1. The Bertz CT molecular complexity index is 713. The lowest BCUT2D eigenvalue weighted by Gasteiger charge is -2.03. The maximum Gasteiger partial charge on any atom is 0.320 e. The van der Waals surface area contributed by atoms with Crippen molar-refractivity contribution >= 4 is 57.7 Å². The summed E-state index contributed by atoms with van der Waals surface area (Å²) < 4.78 is 13.7. The number of nitrogens with zero attached hydrogens (tertiary/aromatic N) is 4. The number of anilines is 2. The number of fused-ring (bicyclic) bond motifs is 1. The molecule has 9 heteroatoms. The SMILES string of the molecule is ClCCc1nnc(Nc2c(Cl)ccc3nsnc23)o1. The van der Waals surface area contributed by atoms with E-state index in [9.17, 15) is 0 Å². The Hall–Kier alpha value is -1.44. The van der Waals surface area contributed by atoms with Crippen molar-refractivity contribution in [1.29, 1.82) is 0 Å². The first-order chi connectivity index (χ1) is 9.28. The fraction of sp³-hybridized carbons (Fsp3) is 0.200. The van der Waals surface area contributed by atoms with Gasteiger partial charge in [-0.25, -0.2) is 0 Å². The molecule has 0 saturated carbocycles. The molecule has 0 fully saturated rings. The molecule has 0 radical (unpaired) electrons. The molecule has 0 saturated heterocycles. The van der Waals surface area contributed by atoms with Crippen LogP contribution < -0.4 is 5.32 Å². The minimum absolute atomic E-state index is 0.252. The first-order valence-electron chi connectivity index (χ1n) is 5.34. The van der Waals surface area contributed by atoms with E-state index in [-0.39, 0.29) is 6.01 Å². The zero-order valence-electron chi connectivity index (χ0n) is 9.43. The van der Waals surface area contributed by atoms with Crippen molar-refractivity contribution in [2.45, 2.75) is 6.42 Å². The van der Waals surface area contributed by atoms with Gasteiger partial charge in [0.25, 0.3) is 0 Å². The molecule has 0 aliphatic carbocycles. The van der Waals surface area contributed by atoms with Crippen molar-refractivity contribution < 1.29 is 4.42 Å². The van der Waals surface area contributed by atoms with Crippen LogP contribution in [0.2, 0.25) is 5.02 Å². The fourth-order valence-electron chi connectivity index (χ4n) is 1.54. The lowest BCUT2D eigenvalue weighted by Crippen LogP contribution is -1.93. The molecule has 0 atom stereocenters. The third-order valence-electron chi connectivity index (χ3n) is 2.38. The van der Waals surface area contributed by atoms with E-state index in [0.29, 0.717) is 34.4 Å². The van der Waals surface area contributed by atoms with Gasteiger partial charge in [-0.2, -0.15) is 8.75 Å². The first kappa shape index (κ1) is 12.6. The van der Waals surface area contributed by atoms with Gasteiger partial charge in [-0.1, -0.05) is 16.7 Å². The molecule has 1 N–H and O–H groups in total. The molecule has 1 aromatic carbocycles. The summed E-state index contributed by atoms with van der Waals surface area (Å²) in [5, 5.41) is 11.2. The Balaban J connectivity index is 1.95. The van der Waals surface area contributed by atoms with Crippen molar-refractivity contribution in [2.75, 3.05) is 11.2 Å². The van der Waals surface area contributed by atoms with Crippen LogP contribution in [0.5, 0.6) is 0 Å². The highest BCUT2D eigenvalue weighted by molar-refractivity contribution is 7.00. The van der Waals surface area contributed by atoms with Crippen molar-refractivity contribution in [1.82, 2.24) is 18.9 Å². The summed E-state index contributed by atoms with van der Waals surface area (Å²) in [7, 11) is 0. The molecule has 6 nitrogen and oxygen atoms in total. The monoisotopic (exact) mass is 315 g/mol. The number of rotatable bonds is 4. The molecule has 0 unspecified atom stereocenters. The maximum absolute atomic E-state index is 6.14. The van der Waals surface area contributed by atoms with Gasteiger partial charge in [0.05, 0.1) is 22.4 Å². The van der Waals surface area contributed by atoms with Crippen molar-refractivity contribution in [2.24, 2.45) is 0 Å². The van der Waals surface area contributed by atoms with Gasteiger partial charge in [-0.15, -0.1) is 16.7 Å². The highest BCUT2D eigenvalue weighted by Crippen LogP contribution is 2.32. The number of nitrogens with one attached hydrogen (secondary N) is 1. The van der Waals surface area contributed by atoms with Crippen LogP contribution in [0.1, 0.15) is 5.89 Å². The van der Waals surface area contributed by atoms with E-state index in [1.807, 2.05) is 0 Å². The molecule has 98 valence electrons. The highest BCUT2D eigenvalue weighted by atomic mass is 35.5. The van der Waals surface area contributed by atoms with Crippen molar-refractivity contribution in [3.8, 4) is 0 Å². The normalized spacial score (nSPS) is 11.1. The van der Waals surface area contributed by atoms with E-state index in [0.717, 1.165) is 17.2 Å². The van der Waals surface area contributed by atoms with Gasteiger partial charge < -0.3 is 9.73 Å². The average molecular weight is 316 g/mol. The maximum atomic E-state index is 6.14. The molecule has 2 heterocycles. The van der Waals surface area contributed by atoms with E-state index in [2.05, 4.69) is 24.3 Å². The zero-order valence-corrected chi connectivity index (χ0v) is 11.8. The Morgan fingerprint density at radius 1 is 1.26 bits per heavy atom. The van der Waals surface area contributed by atoms with Crippen LogP contribution >= 0.6 is 34.9 Å². The summed E-state index contributed by atoms with van der Waals surface area (Å²) in [4.78, 5) is 0. The molecule has 19 heavy (non-hydrogen) atoms. The lowest BCUT2D eigenvalue weighted by molar-refractivity contribution is 0.516. The van der Waals surface area contributed by atoms with Gasteiger partial charge in [0.2, 0.25) is 5.89 Å². The van der Waals surface area contributed by atoms with E-state index >= 15 is 0 Å². The van der Waals surface area contributed by atoms with Gasteiger partial charge in [0.15, 0.2) is 0 Å². The quantitative estimate of drug-likeness (QED) is 0.745. The third kappa shape index (κ3) is 2.49. The molecule has 0 bridgehead atoms. The minimum atomic E-state index is 0.252. The number of aromatic nitrogens is 4. The average Bonchev–Trinajstić information content (AvgIpc) is 3.02. The topological polar surface area (TPSA) is 76.7 Å². The van der Waals surface area contributed by atoms with Gasteiger partial charge in [0.1, 0.15) is 11.0 Å². The van der Waals surface area contributed by atoms with Gasteiger partial charge >= 0.3 is 6.01 Å². The molecule has 3 aromatic rings. The van der Waals surface area contributed by atoms with E-state index in [1.54, 1.807) is 12.1 Å². The standard InChI is InChI=1S/C10H7Cl2N5OS/c11-4-3-7-14-15-10(18-7)13-8-5(12)1-2-6-9(8)17-19-16-6/h1-2H,3-4H2,(H,13,15). The fourth-order valence-corrected chi connectivity index (χ4v) is 2.44. The van der Waals surface area contributed by atoms with E-state index < -0.39 is 0 Å². The molecule has 0 spiro atoms. The summed E-state index contributed by atoms with van der Waals surface area (Å²) in [5.41, 5.74) is 2.04. The molecule has 0 aliphatic rings. The Kier molecular flexibility index (Phi) is 3.50. The van der Waals surface area contributed by atoms with Crippen LogP contribution in [0, 0.1) is 0 Å². The zero-order chi connectivity index (χ0) is 13.2. The van der Waals surface area contributed by atoms with Crippen molar-refractivity contribution in [3.05, 3.63) is 23.0 Å². The van der Waals surface area contributed by atoms with Gasteiger partial charge in [-0.05, 0) is 12.1 Å². The van der Waals surface area contributed by atoms with Crippen LogP contribution in [0.15, 0.2) is 16.5 Å². The second kappa shape index (κ2) is 5.28. The van der Waals surface area contributed by atoms with E-state index in [1.165, 1.54) is 0 Å². The summed E-state index contributed by atoms with van der Waals surface area (Å²) in [6.45, 7) is 0. The summed E-state index contributed by atoms with van der Waals surface area (Å²) in [6.07, 6.45) is 0.520. The number of aryl methyl sites for hydroxylation is 1. The van der Waals surface area contributed by atoms with Crippen LogP contribution in [0.25, 0.3) is 11.0 Å². The van der Waals surface area contributed by atoms with E-state index in [4.69, 9.17) is 27.6 Å². The molecule has 3 rings (SSSR count). The largest absolute Gasteiger partial charge is 0.408 e. The van der Waals surface area contributed by atoms with Crippen LogP contribution in [-0.2, 0) is 6.42 Å². The van der Waals surface area contributed by atoms with Gasteiger partial charge in [-0.3, -0.25) is 0 Å². The Morgan fingerprint density at radius 3 is 3.00 bits per heavy atom. The second-order valence-corrected chi connectivity index (χ2v) is 4.93. The Morgan fingerprint density at radius 2 is 2.16 bits per heavy atom. The van der Waals surface area contributed by atoms with Crippen LogP contribution in [-0.4, -0.2) is 24.8 Å². The highest BCUT2D eigenvalue weighted by Gasteiger charge is 2.13. The summed E-state index contributed by atoms with van der Waals surface area (Å²) in [5.74, 6) is 0.894. The molecule has 0 aliphatic heterocycles. The summed E-state index contributed by atoms with van der Waals surface area (Å²) in [6, 6.07) is 3.80. The molecular formula is C10H7Cl2N5OS. The molecule has 0 amide bonds. The predicted octanol–water partition coefficient (Wildman–Crippen LogP) is 3.25. The molecular weight excluding hydrogens is 309 g/mol. The summed E-state index contributed by atoms with van der Waals surface area (Å²) >= 11 is 12.9. The van der Waals surface area contributed by atoms with Crippen LogP contribution in [0.3, 0.4) is 0 Å². The number of benzene rings is 1. The predicted molar refractivity (Wildman–Crippen MR) is 74.4 cm³/mol.